The Kier molecular flexibility index (Phi) is 1.93. The lowest BCUT2D eigenvalue weighted by Crippen LogP contribution is -1.95. The number of rotatable bonds is 0. The molecule has 0 atom stereocenters. The van der Waals surface area contributed by atoms with Gasteiger partial charge in [-0.15, -0.1) is 0 Å². The largest absolute Gasteiger partial charge is 0.398 e. The Balaban J connectivity index is 2.37. The Morgan fingerprint density at radius 1 is 0.938 bits per heavy atom. The third-order valence-corrected chi connectivity index (χ3v) is 2.83. The van der Waals surface area contributed by atoms with Crippen molar-refractivity contribution in [3.8, 4) is 11.1 Å². The molecule has 0 unspecified atom stereocenters. The molecule has 0 bridgehead atoms. The van der Waals surface area contributed by atoms with Gasteiger partial charge < -0.3 is 11.1 Å². The van der Waals surface area contributed by atoms with Gasteiger partial charge in [0.25, 0.3) is 0 Å². The summed E-state index contributed by atoms with van der Waals surface area (Å²) in [6.45, 7) is 0. The molecule has 0 spiro atoms. The van der Waals surface area contributed by atoms with Crippen molar-refractivity contribution in [1.82, 2.24) is 0 Å². The van der Waals surface area contributed by atoms with Crippen molar-refractivity contribution in [3.05, 3.63) is 54.2 Å². The Labute approximate surface area is 94.4 Å². The summed E-state index contributed by atoms with van der Waals surface area (Å²) in [7, 11) is 0. The lowest BCUT2D eigenvalue weighted by Gasteiger charge is -2.11. The Morgan fingerprint density at radius 2 is 1.81 bits per heavy atom. The summed E-state index contributed by atoms with van der Waals surface area (Å²) >= 11 is 0. The Morgan fingerprint density at radius 3 is 2.75 bits per heavy atom. The molecule has 0 aromatic heterocycles. The Bertz CT molecular complexity index is 571. The minimum atomic E-state index is 0.807. The number of nitrogen functional groups attached to an aromatic ring is 1. The number of nitrogens with two attached hydrogens (primary N) is 1. The van der Waals surface area contributed by atoms with Gasteiger partial charge in [-0.3, -0.25) is 0 Å². The fourth-order valence-corrected chi connectivity index (χ4v) is 2.08. The smallest absolute Gasteiger partial charge is 0.0480 e. The first-order valence-corrected chi connectivity index (χ1v) is 5.27. The van der Waals surface area contributed by atoms with Crippen molar-refractivity contribution in [2.24, 2.45) is 0 Å². The van der Waals surface area contributed by atoms with E-state index in [4.69, 9.17) is 5.73 Å². The average Bonchev–Trinajstić information content (AvgIpc) is 2.49. The molecular weight excluding hydrogens is 196 g/mol. The van der Waals surface area contributed by atoms with Crippen LogP contribution in [0, 0.1) is 0 Å². The number of benzene rings is 2. The van der Waals surface area contributed by atoms with E-state index in [-0.39, 0.29) is 0 Å². The van der Waals surface area contributed by atoms with Crippen LogP contribution in [-0.4, -0.2) is 0 Å². The zero-order valence-electron chi connectivity index (χ0n) is 8.77. The van der Waals surface area contributed by atoms with Gasteiger partial charge in [0.1, 0.15) is 0 Å². The molecule has 0 saturated heterocycles. The number of anilines is 2. The maximum atomic E-state index is 6.06. The van der Waals surface area contributed by atoms with E-state index < -0.39 is 0 Å². The van der Waals surface area contributed by atoms with Crippen LogP contribution in [0.3, 0.4) is 0 Å². The monoisotopic (exact) mass is 208 g/mol. The van der Waals surface area contributed by atoms with E-state index in [9.17, 15) is 0 Å². The highest BCUT2D eigenvalue weighted by Gasteiger charge is 2.12. The molecule has 78 valence electrons. The first kappa shape index (κ1) is 9.04. The zero-order chi connectivity index (χ0) is 11.0. The molecule has 1 heterocycles. The van der Waals surface area contributed by atoms with Crippen molar-refractivity contribution in [2.75, 3.05) is 11.1 Å². The second-order valence-corrected chi connectivity index (χ2v) is 3.83. The van der Waals surface area contributed by atoms with Crippen molar-refractivity contribution in [2.45, 2.75) is 0 Å². The van der Waals surface area contributed by atoms with E-state index in [2.05, 4.69) is 23.5 Å². The molecule has 0 aliphatic carbocycles. The highest BCUT2D eigenvalue weighted by atomic mass is 14.8. The summed E-state index contributed by atoms with van der Waals surface area (Å²) in [5, 5.41) is 3.25. The SMILES string of the molecule is Nc1cccc2c1-c1ccccc1C=CN2. The molecule has 16 heavy (non-hydrogen) atoms. The van der Waals surface area contributed by atoms with E-state index >= 15 is 0 Å². The average molecular weight is 208 g/mol. The van der Waals surface area contributed by atoms with Crippen molar-refractivity contribution >= 4 is 17.5 Å². The van der Waals surface area contributed by atoms with Gasteiger partial charge in [-0.1, -0.05) is 30.3 Å². The molecule has 0 radical (unpaired) electrons. The third-order valence-electron chi connectivity index (χ3n) is 2.83. The van der Waals surface area contributed by atoms with Gasteiger partial charge in [-0.05, 0) is 29.3 Å². The first-order valence-electron chi connectivity index (χ1n) is 5.27. The van der Waals surface area contributed by atoms with Crippen LogP contribution in [0.15, 0.2) is 48.7 Å². The standard InChI is InChI=1S/C14H12N2/c15-12-6-3-7-13-14(12)11-5-2-1-4-10(11)8-9-16-13/h1-9,16H,15H2. The number of hydrogen-bond acceptors (Lipinski definition) is 2. The second-order valence-electron chi connectivity index (χ2n) is 3.83. The molecule has 3 rings (SSSR count). The van der Waals surface area contributed by atoms with Gasteiger partial charge in [0.15, 0.2) is 0 Å². The molecule has 0 saturated carbocycles. The summed E-state index contributed by atoms with van der Waals surface area (Å²) in [6, 6.07) is 14.2. The zero-order valence-corrected chi connectivity index (χ0v) is 8.77. The fraction of sp³-hybridized carbons (Fsp3) is 0. The molecule has 0 fully saturated rings. The van der Waals surface area contributed by atoms with Crippen LogP contribution < -0.4 is 11.1 Å². The van der Waals surface area contributed by atoms with Crippen LogP contribution in [0.2, 0.25) is 0 Å². The summed E-state index contributed by atoms with van der Waals surface area (Å²) in [5.74, 6) is 0. The minimum Gasteiger partial charge on any atom is -0.398 e. The van der Waals surface area contributed by atoms with Crippen LogP contribution in [0.25, 0.3) is 17.2 Å². The number of nitrogens with one attached hydrogen (secondary N) is 1. The summed E-state index contributed by atoms with van der Waals surface area (Å²) < 4.78 is 0. The van der Waals surface area contributed by atoms with Gasteiger partial charge in [0.2, 0.25) is 0 Å². The molecule has 2 heteroatoms. The Hall–Kier alpha value is -2.22. The van der Waals surface area contributed by atoms with Gasteiger partial charge >= 0.3 is 0 Å². The van der Waals surface area contributed by atoms with Crippen molar-refractivity contribution in [3.63, 3.8) is 0 Å². The minimum absolute atomic E-state index is 0.807. The molecule has 1 aliphatic heterocycles. The van der Waals surface area contributed by atoms with Gasteiger partial charge in [-0.25, -0.2) is 0 Å². The molecule has 3 N–H and O–H groups in total. The second kappa shape index (κ2) is 3.42. The van der Waals surface area contributed by atoms with E-state index in [1.54, 1.807) is 0 Å². The highest BCUT2D eigenvalue weighted by molar-refractivity contribution is 5.93. The maximum absolute atomic E-state index is 6.06. The van der Waals surface area contributed by atoms with Crippen LogP contribution in [-0.2, 0) is 0 Å². The fourth-order valence-electron chi connectivity index (χ4n) is 2.08. The van der Waals surface area contributed by atoms with E-state index in [0.29, 0.717) is 0 Å². The lowest BCUT2D eigenvalue weighted by molar-refractivity contribution is 1.57. The van der Waals surface area contributed by atoms with E-state index in [1.165, 1.54) is 11.1 Å². The summed E-state index contributed by atoms with van der Waals surface area (Å²) in [4.78, 5) is 0. The molecule has 0 amide bonds. The summed E-state index contributed by atoms with van der Waals surface area (Å²) in [6.07, 6.45) is 4.01. The molecule has 1 aliphatic rings. The van der Waals surface area contributed by atoms with Crippen LogP contribution >= 0.6 is 0 Å². The van der Waals surface area contributed by atoms with Crippen molar-refractivity contribution < 1.29 is 0 Å². The van der Waals surface area contributed by atoms with Crippen LogP contribution in [0.5, 0.6) is 0 Å². The van der Waals surface area contributed by atoms with Gasteiger partial charge in [0, 0.05) is 23.1 Å². The lowest BCUT2D eigenvalue weighted by atomic mass is 9.97. The number of hydrogen-bond donors (Lipinski definition) is 2. The van der Waals surface area contributed by atoms with Crippen LogP contribution in [0.1, 0.15) is 5.56 Å². The van der Waals surface area contributed by atoms with Gasteiger partial charge in [-0.2, -0.15) is 0 Å². The molecule has 2 nitrogen and oxygen atoms in total. The quantitative estimate of drug-likeness (QED) is 0.652. The van der Waals surface area contributed by atoms with Crippen LogP contribution in [0.4, 0.5) is 11.4 Å². The normalized spacial score (nSPS) is 12.2. The molecular formula is C14H12N2. The van der Waals surface area contributed by atoms with Gasteiger partial charge in [0.05, 0.1) is 0 Å². The first-order chi connectivity index (χ1) is 7.86. The summed E-state index contributed by atoms with van der Waals surface area (Å²) in [5.41, 5.74) is 11.4. The molecule has 2 aromatic rings. The highest BCUT2D eigenvalue weighted by Crippen LogP contribution is 2.37. The third kappa shape index (κ3) is 1.27. The maximum Gasteiger partial charge on any atom is 0.0480 e. The predicted octanol–water partition coefficient (Wildman–Crippen LogP) is 3.33. The van der Waals surface area contributed by atoms with E-state index in [0.717, 1.165) is 16.9 Å². The topological polar surface area (TPSA) is 38.0 Å². The van der Waals surface area contributed by atoms with E-state index in [1.807, 2.05) is 36.5 Å². The van der Waals surface area contributed by atoms with Crippen molar-refractivity contribution in [1.29, 1.82) is 0 Å². The predicted molar refractivity (Wildman–Crippen MR) is 68.9 cm³/mol. The molecule has 2 aromatic carbocycles. The number of fused-ring (bicyclic) bond motifs is 3.